The minimum atomic E-state index is -0.131. The second kappa shape index (κ2) is 8.85. The Morgan fingerprint density at radius 3 is 2.81 bits per heavy atom. The second-order valence-electron chi connectivity index (χ2n) is 6.25. The number of methoxy groups -OCH3 is 1. The number of aryl methyl sites for hydroxylation is 1. The first-order chi connectivity index (χ1) is 13.2. The Morgan fingerprint density at radius 2 is 2.04 bits per heavy atom. The molecule has 0 radical (unpaired) electrons. The molecule has 0 aliphatic heterocycles. The van der Waals surface area contributed by atoms with Gasteiger partial charge in [-0.05, 0) is 49.2 Å². The number of amides is 1. The number of hydrogen-bond donors (Lipinski definition) is 1. The van der Waals surface area contributed by atoms with Crippen molar-refractivity contribution in [1.29, 1.82) is 0 Å². The van der Waals surface area contributed by atoms with Crippen molar-refractivity contribution in [3.63, 3.8) is 0 Å². The fourth-order valence-corrected chi connectivity index (χ4v) is 2.75. The van der Waals surface area contributed by atoms with Gasteiger partial charge in [0.2, 0.25) is 5.91 Å². The van der Waals surface area contributed by atoms with E-state index in [1.54, 1.807) is 13.2 Å². The van der Waals surface area contributed by atoms with Gasteiger partial charge in [0, 0.05) is 24.4 Å². The van der Waals surface area contributed by atoms with Crippen LogP contribution < -0.4 is 10.1 Å². The lowest BCUT2D eigenvalue weighted by atomic mass is 10.1. The van der Waals surface area contributed by atoms with Crippen molar-refractivity contribution in [2.75, 3.05) is 13.7 Å². The van der Waals surface area contributed by atoms with Crippen molar-refractivity contribution in [3.8, 4) is 11.4 Å². The van der Waals surface area contributed by atoms with Crippen LogP contribution in [0.25, 0.3) is 11.8 Å². The molecule has 0 atom stereocenters. The number of nitrogens with one attached hydrogen (secondary N) is 1. The van der Waals surface area contributed by atoms with Crippen LogP contribution in [0.1, 0.15) is 16.7 Å². The van der Waals surface area contributed by atoms with Gasteiger partial charge >= 0.3 is 0 Å². The zero-order chi connectivity index (χ0) is 19.1. The van der Waals surface area contributed by atoms with E-state index in [4.69, 9.17) is 4.74 Å². The number of carbonyl (C=O) groups excluding carboxylic acids is 1. The van der Waals surface area contributed by atoms with Crippen LogP contribution in [-0.2, 0) is 11.2 Å². The first-order valence-corrected chi connectivity index (χ1v) is 8.85. The standard InChI is InChI=1S/C22H23N3O2/c1-17-8-10-21(27-2)19(14-17)9-11-22(26)23-13-12-18-15-24-25(16-18)20-6-4-3-5-7-20/h3-11,14-16H,12-13H2,1-2H3,(H,23,26)/b11-9+. The van der Waals surface area contributed by atoms with Crippen LogP contribution in [0, 0.1) is 6.92 Å². The molecule has 3 aromatic rings. The highest BCUT2D eigenvalue weighted by Crippen LogP contribution is 2.20. The van der Waals surface area contributed by atoms with Crippen LogP contribution in [-0.4, -0.2) is 29.3 Å². The van der Waals surface area contributed by atoms with E-state index >= 15 is 0 Å². The summed E-state index contributed by atoms with van der Waals surface area (Å²) in [7, 11) is 1.62. The minimum absolute atomic E-state index is 0.131. The highest BCUT2D eigenvalue weighted by atomic mass is 16.5. The van der Waals surface area contributed by atoms with E-state index in [1.807, 2.05) is 72.5 Å². The van der Waals surface area contributed by atoms with Gasteiger partial charge < -0.3 is 10.1 Å². The average Bonchev–Trinajstić information content (AvgIpc) is 3.16. The summed E-state index contributed by atoms with van der Waals surface area (Å²) in [6.07, 6.45) is 7.83. The predicted octanol–water partition coefficient (Wildman–Crippen LogP) is 3.56. The van der Waals surface area contributed by atoms with Crippen molar-refractivity contribution in [3.05, 3.63) is 83.7 Å². The molecule has 0 saturated carbocycles. The Balaban J connectivity index is 1.52. The maximum atomic E-state index is 12.1. The van der Waals surface area contributed by atoms with Gasteiger partial charge in [0.1, 0.15) is 5.75 Å². The number of para-hydroxylation sites is 1. The summed E-state index contributed by atoms with van der Waals surface area (Å²) in [6, 6.07) is 15.8. The molecule has 5 heteroatoms. The highest BCUT2D eigenvalue weighted by molar-refractivity contribution is 5.92. The number of hydrogen-bond acceptors (Lipinski definition) is 3. The fourth-order valence-electron chi connectivity index (χ4n) is 2.75. The predicted molar refractivity (Wildman–Crippen MR) is 107 cm³/mol. The summed E-state index contributed by atoms with van der Waals surface area (Å²) in [5.41, 5.74) is 4.09. The molecule has 0 saturated heterocycles. The van der Waals surface area contributed by atoms with Crippen molar-refractivity contribution in [1.82, 2.24) is 15.1 Å². The molecule has 0 aliphatic rings. The van der Waals surface area contributed by atoms with E-state index < -0.39 is 0 Å². The van der Waals surface area contributed by atoms with Crippen LogP contribution in [0.2, 0.25) is 0 Å². The van der Waals surface area contributed by atoms with Crippen molar-refractivity contribution in [2.24, 2.45) is 0 Å². The van der Waals surface area contributed by atoms with E-state index in [0.717, 1.165) is 34.5 Å². The van der Waals surface area contributed by atoms with Crippen molar-refractivity contribution in [2.45, 2.75) is 13.3 Å². The van der Waals surface area contributed by atoms with Gasteiger partial charge in [0.05, 0.1) is 19.0 Å². The lowest BCUT2D eigenvalue weighted by Gasteiger charge is -2.05. The molecule has 1 amide bonds. The Labute approximate surface area is 159 Å². The van der Waals surface area contributed by atoms with Gasteiger partial charge in [-0.25, -0.2) is 4.68 Å². The van der Waals surface area contributed by atoms with E-state index in [-0.39, 0.29) is 5.91 Å². The summed E-state index contributed by atoms with van der Waals surface area (Å²) >= 11 is 0. The Bertz CT molecular complexity index is 930. The maximum Gasteiger partial charge on any atom is 0.244 e. The number of ether oxygens (including phenoxy) is 1. The number of carbonyl (C=O) groups is 1. The van der Waals surface area contributed by atoms with Gasteiger partial charge in [-0.2, -0.15) is 5.10 Å². The molecule has 0 fully saturated rings. The molecule has 0 aliphatic carbocycles. The molecule has 0 unspecified atom stereocenters. The molecule has 1 aromatic heterocycles. The van der Waals surface area contributed by atoms with Gasteiger partial charge in [-0.3, -0.25) is 4.79 Å². The third-order valence-electron chi connectivity index (χ3n) is 4.17. The molecule has 0 bridgehead atoms. The number of benzene rings is 2. The number of aromatic nitrogens is 2. The Morgan fingerprint density at radius 1 is 1.22 bits per heavy atom. The topological polar surface area (TPSA) is 56.1 Å². The molecule has 0 spiro atoms. The van der Waals surface area contributed by atoms with Crippen LogP contribution in [0.3, 0.4) is 0 Å². The average molecular weight is 361 g/mol. The van der Waals surface area contributed by atoms with E-state index in [9.17, 15) is 4.79 Å². The zero-order valence-corrected chi connectivity index (χ0v) is 15.6. The summed E-state index contributed by atoms with van der Waals surface area (Å²) in [6.45, 7) is 2.56. The monoisotopic (exact) mass is 361 g/mol. The zero-order valence-electron chi connectivity index (χ0n) is 15.6. The lowest BCUT2D eigenvalue weighted by Crippen LogP contribution is -2.23. The lowest BCUT2D eigenvalue weighted by molar-refractivity contribution is -0.116. The summed E-state index contributed by atoms with van der Waals surface area (Å²) in [5.74, 6) is 0.618. The fraction of sp³-hybridized carbons (Fsp3) is 0.182. The highest BCUT2D eigenvalue weighted by Gasteiger charge is 2.03. The van der Waals surface area contributed by atoms with Crippen LogP contribution >= 0.6 is 0 Å². The first-order valence-electron chi connectivity index (χ1n) is 8.85. The van der Waals surface area contributed by atoms with Gasteiger partial charge in [-0.1, -0.05) is 29.8 Å². The van der Waals surface area contributed by atoms with Crippen molar-refractivity contribution >= 4 is 12.0 Å². The largest absolute Gasteiger partial charge is 0.496 e. The normalized spacial score (nSPS) is 10.9. The summed E-state index contributed by atoms with van der Waals surface area (Å²) in [5, 5.41) is 7.26. The van der Waals surface area contributed by atoms with Gasteiger partial charge in [0.15, 0.2) is 0 Å². The van der Waals surface area contributed by atoms with Gasteiger partial charge in [0.25, 0.3) is 0 Å². The van der Waals surface area contributed by atoms with E-state index in [2.05, 4.69) is 10.4 Å². The maximum absolute atomic E-state index is 12.1. The molecule has 3 rings (SSSR count). The van der Waals surface area contributed by atoms with Crippen LogP contribution in [0.15, 0.2) is 67.0 Å². The van der Waals surface area contributed by atoms with Crippen LogP contribution in [0.4, 0.5) is 0 Å². The van der Waals surface area contributed by atoms with Crippen LogP contribution in [0.5, 0.6) is 5.75 Å². The molecular weight excluding hydrogens is 338 g/mol. The van der Waals surface area contributed by atoms with E-state index in [1.165, 1.54) is 6.08 Å². The smallest absolute Gasteiger partial charge is 0.244 e. The quantitative estimate of drug-likeness (QED) is 0.655. The Hall–Kier alpha value is -3.34. The first kappa shape index (κ1) is 18.5. The minimum Gasteiger partial charge on any atom is -0.496 e. The number of nitrogens with zero attached hydrogens (tertiary/aromatic N) is 2. The molecule has 2 aromatic carbocycles. The summed E-state index contributed by atoms with van der Waals surface area (Å²) < 4.78 is 7.15. The molecule has 5 nitrogen and oxygen atoms in total. The SMILES string of the molecule is COc1ccc(C)cc1/C=C/C(=O)NCCc1cnn(-c2ccccc2)c1. The molecule has 1 heterocycles. The third-order valence-corrected chi connectivity index (χ3v) is 4.17. The summed E-state index contributed by atoms with van der Waals surface area (Å²) in [4.78, 5) is 12.1. The molecular formula is C22H23N3O2. The van der Waals surface area contributed by atoms with Gasteiger partial charge in [-0.15, -0.1) is 0 Å². The Kier molecular flexibility index (Phi) is 6.05. The van der Waals surface area contributed by atoms with E-state index in [0.29, 0.717) is 6.54 Å². The third kappa shape index (κ3) is 5.07. The number of rotatable bonds is 7. The molecule has 27 heavy (non-hydrogen) atoms. The second-order valence-corrected chi connectivity index (χ2v) is 6.25. The molecule has 138 valence electrons. The van der Waals surface area contributed by atoms with Crippen molar-refractivity contribution < 1.29 is 9.53 Å². The molecule has 1 N–H and O–H groups in total.